The number of benzene rings is 2. The molecule has 2 amide bonds. The van der Waals surface area contributed by atoms with E-state index in [1.54, 1.807) is 19.2 Å². The second kappa shape index (κ2) is 9.38. The maximum Gasteiger partial charge on any atom is 0.243 e. The minimum atomic E-state index is -0.278. The quantitative estimate of drug-likeness (QED) is 0.745. The van der Waals surface area contributed by atoms with E-state index in [-0.39, 0.29) is 24.2 Å². The van der Waals surface area contributed by atoms with Gasteiger partial charge >= 0.3 is 0 Å². The van der Waals surface area contributed by atoms with Crippen molar-refractivity contribution in [3.63, 3.8) is 0 Å². The van der Waals surface area contributed by atoms with E-state index in [1.807, 2.05) is 32.0 Å². The van der Waals surface area contributed by atoms with E-state index in [4.69, 9.17) is 0 Å². The Morgan fingerprint density at radius 1 is 1.12 bits per heavy atom. The minimum absolute atomic E-state index is 0.00737. The molecule has 0 aliphatic carbocycles. The number of hydrogen-bond donors (Lipinski definition) is 1. The van der Waals surface area contributed by atoms with Gasteiger partial charge in [0.2, 0.25) is 11.8 Å². The molecule has 0 saturated heterocycles. The molecule has 2 aromatic rings. The first-order chi connectivity index (χ1) is 12.3. The highest BCUT2D eigenvalue weighted by Gasteiger charge is 2.13. The zero-order chi connectivity index (χ0) is 19.1. The lowest BCUT2D eigenvalue weighted by atomic mass is 10.1. The van der Waals surface area contributed by atoms with Crippen LogP contribution in [0.15, 0.2) is 47.4 Å². The molecule has 0 atom stereocenters. The summed E-state index contributed by atoms with van der Waals surface area (Å²) in [7, 11) is 1.62. The highest BCUT2D eigenvalue weighted by atomic mass is 32.2. The molecule has 0 aliphatic rings. The van der Waals surface area contributed by atoms with Gasteiger partial charge in [-0.3, -0.25) is 9.59 Å². The Labute approximate surface area is 157 Å². The summed E-state index contributed by atoms with van der Waals surface area (Å²) in [6, 6.07) is 12.0. The maximum atomic E-state index is 12.9. The first kappa shape index (κ1) is 20.0. The van der Waals surface area contributed by atoms with Crippen LogP contribution >= 0.6 is 11.8 Å². The van der Waals surface area contributed by atoms with Crippen LogP contribution in [-0.2, 0) is 9.59 Å². The van der Waals surface area contributed by atoms with Crippen LogP contribution in [0.25, 0.3) is 0 Å². The Hall–Kier alpha value is -2.34. The van der Waals surface area contributed by atoms with E-state index >= 15 is 0 Å². The van der Waals surface area contributed by atoms with Gasteiger partial charge in [0.05, 0.1) is 6.54 Å². The van der Waals surface area contributed by atoms with Gasteiger partial charge < -0.3 is 10.2 Å². The molecule has 1 N–H and O–H groups in total. The molecule has 0 unspecified atom stereocenters. The maximum absolute atomic E-state index is 12.9. The van der Waals surface area contributed by atoms with Crippen molar-refractivity contribution in [1.29, 1.82) is 0 Å². The van der Waals surface area contributed by atoms with Crippen LogP contribution in [-0.4, -0.2) is 36.1 Å². The Balaban J connectivity index is 1.77. The summed E-state index contributed by atoms with van der Waals surface area (Å²) in [5, 5.41) is 2.85. The van der Waals surface area contributed by atoms with Gasteiger partial charge in [0.15, 0.2) is 0 Å². The van der Waals surface area contributed by atoms with Gasteiger partial charge in [-0.1, -0.05) is 12.1 Å². The molecule has 0 heterocycles. The van der Waals surface area contributed by atoms with E-state index < -0.39 is 0 Å². The Morgan fingerprint density at radius 2 is 1.81 bits per heavy atom. The van der Waals surface area contributed by atoms with Gasteiger partial charge in [0.25, 0.3) is 0 Å². The van der Waals surface area contributed by atoms with E-state index in [2.05, 4.69) is 5.32 Å². The van der Waals surface area contributed by atoms with Crippen molar-refractivity contribution in [2.45, 2.75) is 25.2 Å². The summed E-state index contributed by atoms with van der Waals surface area (Å²) >= 11 is 1.49. The third-order valence-electron chi connectivity index (χ3n) is 3.87. The van der Waals surface area contributed by atoms with Crippen LogP contribution in [0.5, 0.6) is 0 Å². The normalized spacial score (nSPS) is 10.5. The average Bonchev–Trinajstić information content (AvgIpc) is 2.59. The van der Waals surface area contributed by atoms with Crippen LogP contribution < -0.4 is 5.32 Å². The van der Waals surface area contributed by atoms with E-state index in [0.29, 0.717) is 12.2 Å². The number of anilines is 1. The molecule has 0 aliphatic heterocycles. The summed E-state index contributed by atoms with van der Waals surface area (Å²) < 4.78 is 12.9. The van der Waals surface area contributed by atoms with Crippen molar-refractivity contribution in [2.24, 2.45) is 0 Å². The van der Waals surface area contributed by atoms with Gasteiger partial charge in [-0.25, -0.2) is 4.39 Å². The number of likely N-dealkylation sites (N-methyl/N-ethyl adjacent to an activating group) is 1. The smallest absolute Gasteiger partial charge is 0.243 e. The third-order valence-corrected chi connectivity index (χ3v) is 4.89. The highest BCUT2D eigenvalue weighted by molar-refractivity contribution is 7.99. The standard InChI is InChI=1S/C20H23FN2O2S/c1-14-4-5-15(2)18(12-14)22-19(24)13-23(3)20(25)10-11-26-17-8-6-16(21)7-9-17/h4-9,12H,10-11,13H2,1-3H3,(H,22,24). The number of carbonyl (C=O) groups is 2. The van der Waals surface area contributed by atoms with E-state index in [0.717, 1.165) is 21.7 Å². The molecule has 0 radical (unpaired) electrons. The molecule has 6 heteroatoms. The first-order valence-electron chi connectivity index (χ1n) is 8.34. The number of carbonyl (C=O) groups excluding carboxylic acids is 2. The van der Waals surface area contributed by atoms with Crippen molar-refractivity contribution < 1.29 is 14.0 Å². The topological polar surface area (TPSA) is 49.4 Å². The van der Waals surface area contributed by atoms with Crippen LogP contribution in [0.1, 0.15) is 17.5 Å². The molecule has 0 spiro atoms. The van der Waals surface area contributed by atoms with Crippen molar-refractivity contribution in [2.75, 3.05) is 24.7 Å². The monoisotopic (exact) mass is 374 g/mol. The van der Waals surface area contributed by atoms with Crippen molar-refractivity contribution in [3.8, 4) is 0 Å². The number of amides is 2. The Bertz CT molecular complexity index is 778. The number of halogens is 1. The fourth-order valence-electron chi connectivity index (χ4n) is 2.34. The van der Waals surface area contributed by atoms with Gasteiger partial charge in [-0.15, -0.1) is 11.8 Å². The van der Waals surface area contributed by atoms with E-state index in [9.17, 15) is 14.0 Å². The number of thioether (sulfide) groups is 1. The second-order valence-corrected chi connectivity index (χ2v) is 7.34. The molecule has 26 heavy (non-hydrogen) atoms. The minimum Gasteiger partial charge on any atom is -0.336 e. The summed E-state index contributed by atoms with van der Waals surface area (Å²) in [5.41, 5.74) is 2.81. The van der Waals surface area contributed by atoms with Crippen molar-refractivity contribution in [3.05, 3.63) is 59.4 Å². The van der Waals surface area contributed by atoms with Gasteiger partial charge in [0, 0.05) is 29.8 Å². The van der Waals surface area contributed by atoms with Crippen LogP contribution in [0.2, 0.25) is 0 Å². The van der Waals surface area contributed by atoms with Crippen LogP contribution in [0.4, 0.5) is 10.1 Å². The summed E-state index contributed by atoms with van der Waals surface area (Å²) in [6.07, 6.45) is 0.315. The lowest BCUT2D eigenvalue weighted by Crippen LogP contribution is -2.35. The Kier molecular flexibility index (Phi) is 7.21. The van der Waals surface area contributed by atoms with Crippen molar-refractivity contribution >= 4 is 29.3 Å². The highest BCUT2D eigenvalue weighted by Crippen LogP contribution is 2.19. The fourth-order valence-corrected chi connectivity index (χ4v) is 3.18. The molecule has 0 saturated carbocycles. The summed E-state index contributed by atoms with van der Waals surface area (Å²) in [5.74, 6) is -0.0237. The number of aryl methyl sites for hydroxylation is 2. The molecule has 0 fully saturated rings. The van der Waals surface area contributed by atoms with Gasteiger partial charge in [-0.05, 0) is 55.3 Å². The molecule has 2 rings (SSSR count). The molecule has 4 nitrogen and oxygen atoms in total. The number of nitrogens with zero attached hydrogens (tertiary/aromatic N) is 1. The second-order valence-electron chi connectivity index (χ2n) is 6.17. The summed E-state index contributed by atoms with van der Waals surface area (Å²) in [4.78, 5) is 26.7. The van der Waals surface area contributed by atoms with Gasteiger partial charge in [-0.2, -0.15) is 0 Å². The number of nitrogens with one attached hydrogen (secondary N) is 1. The molecule has 138 valence electrons. The zero-order valence-electron chi connectivity index (χ0n) is 15.2. The molecule has 0 aromatic heterocycles. The lowest BCUT2D eigenvalue weighted by Gasteiger charge is -2.17. The van der Waals surface area contributed by atoms with Gasteiger partial charge in [0.1, 0.15) is 5.82 Å². The SMILES string of the molecule is Cc1ccc(C)c(NC(=O)CN(C)C(=O)CCSc2ccc(F)cc2)c1. The molecule has 0 bridgehead atoms. The average molecular weight is 374 g/mol. The van der Waals surface area contributed by atoms with E-state index in [1.165, 1.54) is 28.8 Å². The Morgan fingerprint density at radius 3 is 2.50 bits per heavy atom. The molecular weight excluding hydrogens is 351 g/mol. The predicted octanol–water partition coefficient (Wildman–Crippen LogP) is 4.02. The number of rotatable bonds is 7. The fraction of sp³-hybridized carbons (Fsp3) is 0.300. The first-order valence-corrected chi connectivity index (χ1v) is 9.33. The largest absolute Gasteiger partial charge is 0.336 e. The molecule has 2 aromatic carbocycles. The van der Waals surface area contributed by atoms with Crippen molar-refractivity contribution in [1.82, 2.24) is 4.90 Å². The zero-order valence-corrected chi connectivity index (χ0v) is 16.0. The molecular formula is C20H23FN2O2S. The van der Waals surface area contributed by atoms with Crippen LogP contribution in [0.3, 0.4) is 0 Å². The predicted molar refractivity (Wildman–Crippen MR) is 104 cm³/mol. The third kappa shape index (κ3) is 6.19. The van der Waals surface area contributed by atoms with Crippen LogP contribution in [0, 0.1) is 19.7 Å². The lowest BCUT2D eigenvalue weighted by molar-refractivity contribution is -0.132. The summed E-state index contributed by atoms with van der Waals surface area (Å²) in [6.45, 7) is 3.90. The number of hydrogen-bond acceptors (Lipinski definition) is 3.